The fraction of sp³-hybridized carbons (Fsp3) is 0.583. The molecule has 0 aromatic carbocycles. The lowest BCUT2D eigenvalue weighted by Gasteiger charge is -2.49. The van der Waals surface area contributed by atoms with Gasteiger partial charge in [0.25, 0.3) is 5.91 Å². The van der Waals surface area contributed by atoms with E-state index < -0.39 is 30.9 Å². The minimum absolute atomic E-state index is 0.0112. The second kappa shape index (κ2) is 8.27. The van der Waals surface area contributed by atoms with Crippen molar-refractivity contribution in [3.63, 3.8) is 0 Å². The molecule has 0 aromatic rings. The van der Waals surface area contributed by atoms with Crippen molar-refractivity contribution in [3.8, 4) is 0 Å². The second-order valence-corrected chi connectivity index (χ2v) is 11.1. The van der Waals surface area contributed by atoms with Crippen LogP contribution in [0.2, 0.25) is 0 Å². The van der Waals surface area contributed by atoms with Crippen molar-refractivity contribution in [2.24, 2.45) is 0 Å². The van der Waals surface area contributed by atoms with Gasteiger partial charge in [-0.2, -0.15) is 0 Å². The predicted molar refractivity (Wildman–Crippen MR) is 99.1 cm³/mol. The number of thioether (sulfide) groups is 1. The zero-order valence-corrected chi connectivity index (χ0v) is 18.4. The summed E-state index contributed by atoms with van der Waals surface area (Å²) in [5.74, 6) is -1.29. The van der Waals surface area contributed by atoms with E-state index in [0.29, 0.717) is 5.57 Å². The van der Waals surface area contributed by atoms with Crippen molar-refractivity contribution < 1.29 is 19.1 Å². The van der Waals surface area contributed by atoms with Crippen molar-refractivity contribution >= 4 is 95.4 Å². The van der Waals surface area contributed by atoms with Crippen LogP contribution in [0.25, 0.3) is 0 Å². The topological polar surface area (TPSA) is 63.7 Å². The van der Waals surface area contributed by atoms with Crippen LogP contribution < -0.4 is 0 Å². The molecule has 0 aliphatic carbocycles. The minimum Gasteiger partial charge on any atom is -0.438 e. The molecule has 0 bridgehead atoms. The molecular formula is C12H12Br2Cl3NO4S. The molecule has 5 nitrogen and oxygen atoms in total. The zero-order chi connectivity index (χ0) is 18.1. The summed E-state index contributed by atoms with van der Waals surface area (Å²) < 4.78 is 3.81. The molecule has 2 atom stereocenters. The Labute approximate surface area is 169 Å². The minimum atomic E-state index is -1.27. The zero-order valence-electron chi connectivity index (χ0n) is 12.1. The Hall–Kier alpha value is 0.530. The average molecular weight is 532 g/mol. The SMILES string of the molecule is CC(=O)S[C@H]1N(C(C(=O)OC(Cl)C(Cl)Cl)=C(C)C)C(=O)C1(Br)Br. The lowest BCUT2D eigenvalue weighted by Crippen LogP contribution is -2.66. The van der Waals surface area contributed by atoms with Crippen LogP contribution in [0, 0.1) is 0 Å². The van der Waals surface area contributed by atoms with Gasteiger partial charge in [0.1, 0.15) is 11.1 Å². The highest BCUT2D eigenvalue weighted by Gasteiger charge is 2.61. The van der Waals surface area contributed by atoms with Gasteiger partial charge in [-0.25, -0.2) is 4.79 Å². The van der Waals surface area contributed by atoms with Crippen LogP contribution in [0.4, 0.5) is 0 Å². The van der Waals surface area contributed by atoms with Crippen LogP contribution in [0.5, 0.6) is 0 Å². The number of carbonyl (C=O) groups is 3. The molecule has 0 N–H and O–H groups in total. The number of ether oxygens (including phenoxy) is 1. The number of hydrogen-bond donors (Lipinski definition) is 0. The summed E-state index contributed by atoms with van der Waals surface area (Å²) in [6, 6.07) is 0. The number of halogens is 5. The van der Waals surface area contributed by atoms with Crippen molar-refractivity contribution in [3.05, 3.63) is 11.3 Å². The fourth-order valence-corrected chi connectivity index (χ4v) is 4.13. The number of esters is 1. The molecule has 0 radical (unpaired) electrons. The highest BCUT2D eigenvalue weighted by atomic mass is 79.9. The number of rotatable bonds is 5. The maximum absolute atomic E-state index is 12.3. The molecule has 1 fully saturated rings. The molecule has 130 valence electrons. The number of β-lactam (4-membered cyclic amide) rings is 1. The first kappa shape index (κ1) is 21.6. The van der Waals surface area contributed by atoms with E-state index in [1.807, 2.05) is 0 Å². The summed E-state index contributed by atoms with van der Waals surface area (Å²) in [5.41, 5.74) is -0.770. The van der Waals surface area contributed by atoms with E-state index in [0.717, 1.165) is 11.8 Å². The summed E-state index contributed by atoms with van der Waals surface area (Å²) in [4.78, 5) is 36.1. The number of hydrogen-bond acceptors (Lipinski definition) is 5. The molecule has 1 aliphatic rings. The quantitative estimate of drug-likeness (QED) is 0.231. The highest BCUT2D eigenvalue weighted by molar-refractivity contribution is 9.26. The third kappa shape index (κ3) is 4.79. The highest BCUT2D eigenvalue weighted by Crippen LogP contribution is 2.51. The summed E-state index contributed by atoms with van der Waals surface area (Å²) >= 11 is 24.2. The summed E-state index contributed by atoms with van der Waals surface area (Å²) in [7, 11) is 0. The molecule has 0 saturated carbocycles. The molecule has 1 amide bonds. The predicted octanol–water partition coefficient (Wildman–Crippen LogP) is 4.13. The van der Waals surface area contributed by atoms with Crippen LogP contribution in [-0.4, -0.2) is 40.9 Å². The molecule has 1 saturated heterocycles. The number of nitrogens with zero attached hydrogens (tertiary/aromatic N) is 1. The van der Waals surface area contributed by atoms with E-state index in [-0.39, 0.29) is 10.8 Å². The van der Waals surface area contributed by atoms with Crippen molar-refractivity contribution in [1.29, 1.82) is 0 Å². The standard InChI is InChI=1S/C12H12Br2Cl3NO4S/c1-4(2)6(9(20)22-8(17)7(15)16)18-10(21)12(13,14)11(18)23-5(3)19/h7-8,11H,1-3H3/t8?,11-/m1/s1. The van der Waals surface area contributed by atoms with Gasteiger partial charge in [0.05, 0.1) is 0 Å². The lowest BCUT2D eigenvalue weighted by atomic mass is 10.1. The number of allylic oxidation sites excluding steroid dienone is 1. The van der Waals surface area contributed by atoms with E-state index in [2.05, 4.69) is 31.9 Å². The van der Waals surface area contributed by atoms with Crippen LogP contribution in [0.3, 0.4) is 0 Å². The Morgan fingerprint density at radius 2 is 1.78 bits per heavy atom. The first-order valence-electron chi connectivity index (χ1n) is 6.10. The second-order valence-electron chi connectivity index (χ2n) is 4.70. The van der Waals surface area contributed by atoms with E-state index in [1.54, 1.807) is 13.8 Å². The van der Waals surface area contributed by atoms with Crippen LogP contribution in [0.1, 0.15) is 20.8 Å². The summed E-state index contributed by atoms with van der Waals surface area (Å²) in [6.45, 7) is 4.62. The Bertz CT molecular complexity index is 567. The number of amides is 1. The van der Waals surface area contributed by atoms with Crippen molar-refractivity contribution in [1.82, 2.24) is 4.90 Å². The molecule has 1 aliphatic heterocycles. The summed E-state index contributed by atoms with van der Waals surface area (Å²) in [6.07, 6.45) is 0. The van der Waals surface area contributed by atoms with Gasteiger partial charge < -0.3 is 4.74 Å². The van der Waals surface area contributed by atoms with Crippen LogP contribution >= 0.6 is 78.4 Å². The Morgan fingerprint density at radius 1 is 1.26 bits per heavy atom. The monoisotopic (exact) mass is 529 g/mol. The Morgan fingerprint density at radius 3 is 2.17 bits per heavy atom. The van der Waals surface area contributed by atoms with Crippen LogP contribution in [-0.2, 0) is 19.1 Å². The molecule has 1 unspecified atom stereocenters. The maximum Gasteiger partial charge on any atom is 0.356 e. The first-order chi connectivity index (χ1) is 10.4. The third-order valence-electron chi connectivity index (χ3n) is 2.65. The average Bonchev–Trinajstić information content (AvgIpc) is 2.40. The Kier molecular flexibility index (Phi) is 7.76. The molecule has 23 heavy (non-hydrogen) atoms. The molecule has 0 spiro atoms. The van der Waals surface area contributed by atoms with Gasteiger partial charge in [-0.1, -0.05) is 78.4 Å². The van der Waals surface area contributed by atoms with Gasteiger partial charge in [0.2, 0.25) is 5.56 Å². The van der Waals surface area contributed by atoms with Gasteiger partial charge in [-0.15, -0.1) is 0 Å². The van der Waals surface area contributed by atoms with Crippen molar-refractivity contribution in [2.45, 2.75) is 39.8 Å². The summed E-state index contributed by atoms with van der Waals surface area (Å²) in [5, 5.41) is -0.879. The fourth-order valence-electron chi connectivity index (χ4n) is 1.72. The van der Waals surface area contributed by atoms with Gasteiger partial charge in [-0.3, -0.25) is 14.5 Å². The molecule has 0 aromatic heterocycles. The Balaban J connectivity index is 3.11. The van der Waals surface area contributed by atoms with Gasteiger partial charge in [0.15, 0.2) is 13.2 Å². The van der Waals surface area contributed by atoms with E-state index >= 15 is 0 Å². The van der Waals surface area contributed by atoms with E-state index in [4.69, 9.17) is 39.5 Å². The van der Waals surface area contributed by atoms with Gasteiger partial charge in [0, 0.05) is 6.92 Å². The smallest absolute Gasteiger partial charge is 0.356 e. The normalized spacial score (nSPS) is 20.8. The molecule has 1 rings (SSSR count). The lowest BCUT2D eigenvalue weighted by molar-refractivity contribution is -0.150. The molecular weight excluding hydrogens is 520 g/mol. The van der Waals surface area contributed by atoms with Crippen molar-refractivity contribution in [2.75, 3.05) is 0 Å². The van der Waals surface area contributed by atoms with E-state index in [9.17, 15) is 14.4 Å². The van der Waals surface area contributed by atoms with Gasteiger partial charge >= 0.3 is 5.97 Å². The van der Waals surface area contributed by atoms with E-state index in [1.165, 1.54) is 11.8 Å². The number of alkyl halides is 5. The molecule has 11 heteroatoms. The molecule has 1 heterocycles. The largest absolute Gasteiger partial charge is 0.438 e. The van der Waals surface area contributed by atoms with Crippen LogP contribution in [0.15, 0.2) is 11.3 Å². The van der Waals surface area contributed by atoms with Gasteiger partial charge in [-0.05, 0) is 19.4 Å². The number of likely N-dealkylation sites (tertiary alicyclic amines) is 1. The first-order valence-corrected chi connectivity index (χ1v) is 9.88. The maximum atomic E-state index is 12.3. The third-order valence-corrected chi connectivity index (χ3v) is 6.98. The number of carbonyl (C=O) groups excluding carboxylic acids is 3.